The van der Waals surface area contributed by atoms with Crippen LogP contribution in [0.15, 0.2) is 12.4 Å². The third-order valence-corrected chi connectivity index (χ3v) is 2.00. The van der Waals surface area contributed by atoms with Crippen LogP contribution in [0.5, 0.6) is 0 Å². The second kappa shape index (κ2) is 5.07. The summed E-state index contributed by atoms with van der Waals surface area (Å²) in [5.41, 5.74) is -0.103. The molecule has 1 heterocycles. The fourth-order valence-corrected chi connectivity index (χ4v) is 1.19. The molecule has 84 valence electrons. The molecular formula is C10H12N4O2. The molecule has 0 fully saturated rings. The van der Waals surface area contributed by atoms with Crippen molar-refractivity contribution in [3.05, 3.63) is 18.1 Å². The van der Waals surface area contributed by atoms with Gasteiger partial charge in [0.2, 0.25) is 0 Å². The quantitative estimate of drug-likeness (QED) is 0.806. The minimum Gasteiger partial charge on any atom is -0.476 e. The Balaban J connectivity index is 2.84. The number of anilines is 1. The molecule has 0 saturated heterocycles. The van der Waals surface area contributed by atoms with Gasteiger partial charge in [0.1, 0.15) is 5.82 Å². The van der Waals surface area contributed by atoms with Crippen LogP contribution in [0.1, 0.15) is 17.4 Å². The summed E-state index contributed by atoms with van der Waals surface area (Å²) >= 11 is 0. The van der Waals surface area contributed by atoms with Crippen molar-refractivity contribution in [2.45, 2.75) is 6.92 Å². The average Bonchev–Trinajstić information content (AvgIpc) is 2.28. The van der Waals surface area contributed by atoms with E-state index in [-0.39, 0.29) is 11.6 Å². The summed E-state index contributed by atoms with van der Waals surface area (Å²) < 4.78 is 0. The molecule has 1 aromatic heterocycles. The number of nitrogens with zero attached hydrogens (tertiary/aromatic N) is 4. The first-order chi connectivity index (χ1) is 7.54. The van der Waals surface area contributed by atoms with Crippen LogP contribution in [0.4, 0.5) is 5.82 Å². The Bertz CT molecular complexity index is 427. The molecule has 0 spiro atoms. The minimum atomic E-state index is -1.11. The summed E-state index contributed by atoms with van der Waals surface area (Å²) in [6, 6.07) is 2.10. The topological polar surface area (TPSA) is 90.1 Å². The molecule has 0 aliphatic rings. The maximum absolute atomic E-state index is 10.7. The molecule has 1 unspecified atom stereocenters. The van der Waals surface area contributed by atoms with E-state index in [9.17, 15) is 4.79 Å². The van der Waals surface area contributed by atoms with Crippen LogP contribution in [0.3, 0.4) is 0 Å². The highest BCUT2D eigenvalue weighted by Crippen LogP contribution is 2.09. The lowest BCUT2D eigenvalue weighted by Crippen LogP contribution is -2.24. The molecule has 0 aliphatic carbocycles. The molecule has 1 atom stereocenters. The number of hydrogen-bond donors (Lipinski definition) is 1. The van der Waals surface area contributed by atoms with Gasteiger partial charge in [-0.2, -0.15) is 5.26 Å². The van der Waals surface area contributed by atoms with E-state index in [0.29, 0.717) is 12.4 Å². The molecule has 0 saturated carbocycles. The number of nitriles is 1. The highest BCUT2D eigenvalue weighted by atomic mass is 16.4. The van der Waals surface area contributed by atoms with E-state index < -0.39 is 5.97 Å². The molecule has 16 heavy (non-hydrogen) atoms. The molecule has 0 amide bonds. The van der Waals surface area contributed by atoms with E-state index in [0.717, 1.165) is 0 Å². The standard InChI is InChI=1S/C10H12N4O2/c1-7(3-11)6-14(2)9-5-12-4-8(13-9)10(15)16/h4-5,7H,6H2,1-2H3,(H,15,16). The monoisotopic (exact) mass is 220 g/mol. The molecule has 6 heteroatoms. The number of aromatic nitrogens is 2. The van der Waals surface area contributed by atoms with Gasteiger partial charge in [0.15, 0.2) is 5.69 Å². The summed E-state index contributed by atoms with van der Waals surface area (Å²) in [6.07, 6.45) is 2.66. The van der Waals surface area contributed by atoms with Crippen molar-refractivity contribution in [2.24, 2.45) is 5.92 Å². The third-order valence-electron chi connectivity index (χ3n) is 2.00. The molecule has 0 radical (unpaired) electrons. The van der Waals surface area contributed by atoms with Crippen molar-refractivity contribution in [3.63, 3.8) is 0 Å². The lowest BCUT2D eigenvalue weighted by Gasteiger charge is -2.18. The van der Waals surface area contributed by atoms with E-state index in [4.69, 9.17) is 10.4 Å². The van der Waals surface area contributed by atoms with Gasteiger partial charge in [-0.15, -0.1) is 0 Å². The number of carboxylic acid groups (broad SMARTS) is 1. The summed E-state index contributed by atoms with van der Waals surface area (Å²) in [7, 11) is 1.74. The number of hydrogen-bond acceptors (Lipinski definition) is 5. The summed E-state index contributed by atoms with van der Waals surface area (Å²) in [5, 5.41) is 17.4. The number of rotatable bonds is 4. The Morgan fingerprint density at radius 2 is 2.38 bits per heavy atom. The maximum atomic E-state index is 10.7. The Kier molecular flexibility index (Phi) is 3.78. The molecule has 1 aromatic rings. The number of carboxylic acids is 1. The normalized spacial score (nSPS) is 11.6. The Labute approximate surface area is 93.2 Å². The maximum Gasteiger partial charge on any atom is 0.356 e. The largest absolute Gasteiger partial charge is 0.476 e. The van der Waals surface area contributed by atoms with E-state index in [1.54, 1.807) is 18.9 Å². The SMILES string of the molecule is CC(C#N)CN(C)c1cncc(C(=O)O)n1. The average molecular weight is 220 g/mol. The Morgan fingerprint density at radius 1 is 1.69 bits per heavy atom. The molecule has 0 bridgehead atoms. The summed E-state index contributed by atoms with van der Waals surface area (Å²) in [5.74, 6) is -0.821. The zero-order valence-electron chi connectivity index (χ0n) is 9.08. The molecule has 0 aliphatic heterocycles. The number of aromatic carboxylic acids is 1. The molecule has 0 aromatic carbocycles. The van der Waals surface area contributed by atoms with Crippen molar-refractivity contribution in [2.75, 3.05) is 18.5 Å². The van der Waals surface area contributed by atoms with E-state index in [1.165, 1.54) is 12.4 Å². The first-order valence-electron chi connectivity index (χ1n) is 4.70. The lowest BCUT2D eigenvalue weighted by atomic mass is 10.2. The zero-order valence-corrected chi connectivity index (χ0v) is 9.08. The second-order valence-electron chi connectivity index (χ2n) is 3.48. The van der Waals surface area contributed by atoms with Gasteiger partial charge in [0, 0.05) is 13.6 Å². The summed E-state index contributed by atoms with van der Waals surface area (Å²) in [4.78, 5) is 20.1. The molecule has 6 nitrogen and oxygen atoms in total. The van der Waals surface area contributed by atoms with Crippen LogP contribution in [-0.2, 0) is 0 Å². The van der Waals surface area contributed by atoms with Crippen LogP contribution in [-0.4, -0.2) is 34.6 Å². The predicted octanol–water partition coefficient (Wildman–Crippen LogP) is 0.771. The molecular weight excluding hydrogens is 208 g/mol. The molecule has 1 rings (SSSR count). The van der Waals surface area contributed by atoms with Crippen LogP contribution >= 0.6 is 0 Å². The van der Waals surface area contributed by atoms with Gasteiger partial charge in [-0.25, -0.2) is 9.78 Å². The number of carbonyl (C=O) groups is 1. The van der Waals surface area contributed by atoms with Crippen molar-refractivity contribution >= 4 is 11.8 Å². The Hall–Kier alpha value is -2.16. The van der Waals surface area contributed by atoms with Gasteiger partial charge >= 0.3 is 5.97 Å². The van der Waals surface area contributed by atoms with Gasteiger partial charge in [-0.1, -0.05) is 0 Å². The van der Waals surface area contributed by atoms with Crippen molar-refractivity contribution < 1.29 is 9.90 Å². The first kappa shape index (κ1) is 11.9. The van der Waals surface area contributed by atoms with E-state index >= 15 is 0 Å². The fourth-order valence-electron chi connectivity index (χ4n) is 1.19. The highest BCUT2D eigenvalue weighted by molar-refractivity contribution is 5.85. The first-order valence-corrected chi connectivity index (χ1v) is 4.70. The minimum absolute atomic E-state index is 0.103. The van der Waals surface area contributed by atoms with Gasteiger partial charge in [0.05, 0.1) is 24.4 Å². The van der Waals surface area contributed by atoms with Crippen LogP contribution in [0, 0.1) is 17.2 Å². The smallest absolute Gasteiger partial charge is 0.356 e. The zero-order chi connectivity index (χ0) is 12.1. The van der Waals surface area contributed by atoms with E-state index in [1.807, 2.05) is 0 Å². The van der Waals surface area contributed by atoms with Crippen molar-refractivity contribution in [1.82, 2.24) is 9.97 Å². The molecule has 1 N–H and O–H groups in total. The van der Waals surface area contributed by atoms with Gasteiger partial charge in [0.25, 0.3) is 0 Å². The third kappa shape index (κ3) is 2.92. The predicted molar refractivity (Wildman–Crippen MR) is 57.0 cm³/mol. The van der Waals surface area contributed by atoms with Gasteiger partial charge < -0.3 is 10.0 Å². The lowest BCUT2D eigenvalue weighted by molar-refractivity contribution is 0.0690. The van der Waals surface area contributed by atoms with Crippen LogP contribution < -0.4 is 4.90 Å². The summed E-state index contributed by atoms with van der Waals surface area (Å²) in [6.45, 7) is 2.26. The van der Waals surface area contributed by atoms with Gasteiger partial charge in [-0.05, 0) is 6.92 Å². The highest BCUT2D eigenvalue weighted by Gasteiger charge is 2.11. The fraction of sp³-hybridized carbons (Fsp3) is 0.400. The van der Waals surface area contributed by atoms with E-state index in [2.05, 4.69) is 16.0 Å². The Morgan fingerprint density at radius 3 is 2.94 bits per heavy atom. The van der Waals surface area contributed by atoms with Crippen molar-refractivity contribution in [1.29, 1.82) is 5.26 Å². The van der Waals surface area contributed by atoms with Gasteiger partial charge in [-0.3, -0.25) is 4.98 Å². The van der Waals surface area contributed by atoms with Crippen molar-refractivity contribution in [3.8, 4) is 6.07 Å². The van der Waals surface area contributed by atoms with Crippen LogP contribution in [0.2, 0.25) is 0 Å². The second-order valence-corrected chi connectivity index (χ2v) is 3.48. The van der Waals surface area contributed by atoms with Crippen LogP contribution in [0.25, 0.3) is 0 Å².